The molecule has 0 amide bonds. The maximum absolute atomic E-state index is 9.40. The van der Waals surface area contributed by atoms with Crippen LogP contribution in [0, 0.1) is 17.2 Å². The molecule has 1 aliphatic rings. The third kappa shape index (κ3) is 3.72. The Morgan fingerprint density at radius 1 is 1.40 bits per heavy atom. The van der Waals surface area contributed by atoms with E-state index in [1.54, 1.807) is 0 Å². The van der Waals surface area contributed by atoms with Crippen LogP contribution in [0.1, 0.15) is 18.9 Å². The molecule has 1 heterocycles. The van der Waals surface area contributed by atoms with Crippen molar-refractivity contribution in [3.8, 4) is 11.8 Å². The van der Waals surface area contributed by atoms with E-state index in [0.717, 1.165) is 30.8 Å². The Morgan fingerprint density at radius 2 is 2.15 bits per heavy atom. The van der Waals surface area contributed by atoms with Crippen LogP contribution in [-0.2, 0) is 6.42 Å². The number of nitrogens with zero attached hydrogens (tertiary/aromatic N) is 2. The minimum atomic E-state index is 0.226. The molecule has 4 nitrogen and oxygen atoms in total. The number of aliphatic hydroxyl groups excluding tert-OH is 1. The van der Waals surface area contributed by atoms with Crippen LogP contribution < -0.4 is 4.74 Å². The maximum Gasteiger partial charge on any atom is 0.119 e. The highest BCUT2D eigenvalue weighted by Crippen LogP contribution is 2.23. The molecule has 1 fully saturated rings. The number of aliphatic hydroxyl groups is 1. The van der Waals surface area contributed by atoms with Gasteiger partial charge in [0, 0.05) is 12.6 Å². The first-order valence-corrected chi connectivity index (χ1v) is 7.18. The van der Waals surface area contributed by atoms with Crippen molar-refractivity contribution in [1.82, 2.24) is 4.90 Å². The average Bonchev–Trinajstić information content (AvgIpc) is 2.81. The van der Waals surface area contributed by atoms with Crippen LogP contribution in [0.4, 0.5) is 0 Å². The van der Waals surface area contributed by atoms with Gasteiger partial charge in [-0.3, -0.25) is 4.90 Å². The van der Waals surface area contributed by atoms with E-state index in [2.05, 4.69) is 17.9 Å². The van der Waals surface area contributed by atoms with Crippen molar-refractivity contribution in [2.75, 3.05) is 26.3 Å². The van der Waals surface area contributed by atoms with Crippen LogP contribution in [0.2, 0.25) is 0 Å². The number of hydrogen-bond donors (Lipinski definition) is 1. The number of benzene rings is 1. The molecular formula is C16H22N2O2. The molecule has 1 aliphatic heterocycles. The molecule has 4 heteroatoms. The summed E-state index contributed by atoms with van der Waals surface area (Å²) in [5, 5.41) is 18.0. The molecule has 2 unspecified atom stereocenters. The van der Waals surface area contributed by atoms with Gasteiger partial charge < -0.3 is 9.84 Å². The van der Waals surface area contributed by atoms with E-state index in [9.17, 15) is 5.11 Å². The molecule has 2 atom stereocenters. The molecule has 2 rings (SSSR count). The number of likely N-dealkylation sites (tertiary alicyclic amines) is 1. The van der Waals surface area contributed by atoms with Crippen molar-refractivity contribution in [2.45, 2.75) is 25.8 Å². The quantitative estimate of drug-likeness (QED) is 0.860. The monoisotopic (exact) mass is 274 g/mol. The molecule has 0 radical (unpaired) electrons. The minimum absolute atomic E-state index is 0.226. The second kappa shape index (κ2) is 7.28. The molecule has 0 aromatic heterocycles. The van der Waals surface area contributed by atoms with Crippen LogP contribution in [0.15, 0.2) is 24.3 Å². The second-order valence-corrected chi connectivity index (χ2v) is 5.38. The molecule has 1 aromatic rings. The Bertz CT molecular complexity index is 453. The van der Waals surface area contributed by atoms with Crippen LogP contribution in [0.3, 0.4) is 0 Å². The predicted octanol–water partition coefficient (Wildman–Crippen LogP) is 1.83. The maximum atomic E-state index is 9.40. The van der Waals surface area contributed by atoms with Gasteiger partial charge in [0.2, 0.25) is 0 Å². The highest BCUT2D eigenvalue weighted by Gasteiger charge is 2.29. The Kier molecular flexibility index (Phi) is 5.40. The Morgan fingerprint density at radius 3 is 2.80 bits per heavy atom. The SMILES string of the molecule is CC1CCN(CCOc2ccc(CC#N)cc2)C1CO. The van der Waals surface area contributed by atoms with Crippen molar-refractivity contribution in [3.05, 3.63) is 29.8 Å². The van der Waals surface area contributed by atoms with Gasteiger partial charge in [0.05, 0.1) is 19.1 Å². The van der Waals surface area contributed by atoms with E-state index in [0.29, 0.717) is 18.9 Å². The van der Waals surface area contributed by atoms with Gasteiger partial charge in [-0.1, -0.05) is 19.1 Å². The molecule has 108 valence electrons. The van der Waals surface area contributed by atoms with E-state index in [1.807, 2.05) is 24.3 Å². The average molecular weight is 274 g/mol. The molecule has 0 bridgehead atoms. The van der Waals surface area contributed by atoms with Gasteiger partial charge in [-0.05, 0) is 36.6 Å². The van der Waals surface area contributed by atoms with E-state index >= 15 is 0 Å². The molecular weight excluding hydrogens is 252 g/mol. The summed E-state index contributed by atoms with van der Waals surface area (Å²) in [5.74, 6) is 1.39. The van der Waals surface area contributed by atoms with Crippen molar-refractivity contribution < 1.29 is 9.84 Å². The summed E-state index contributed by atoms with van der Waals surface area (Å²) in [6, 6.07) is 10.1. The zero-order valence-electron chi connectivity index (χ0n) is 12.0. The molecule has 20 heavy (non-hydrogen) atoms. The minimum Gasteiger partial charge on any atom is -0.492 e. The van der Waals surface area contributed by atoms with Gasteiger partial charge >= 0.3 is 0 Å². The van der Waals surface area contributed by atoms with Crippen molar-refractivity contribution in [2.24, 2.45) is 5.92 Å². The van der Waals surface area contributed by atoms with Crippen molar-refractivity contribution in [3.63, 3.8) is 0 Å². The third-order valence-corrected chi connectivity index (χ3v) is 4.04. The van der Waals surface area contributed by atoms with Crippen molar-refractivity contribution >= 4 is 0 Å². The fourth-order valence-electron chi connectivity index (χ4n) is 2.74. The zero-order chi connectivity index (χ0) is 14.4. The fourth-order valence-corrected chi connectivity index (χ4v) is 2.74. The van der Waals surface area contributed by atoms with E-state index in [-0.39, 0.29) is 12.6 Å². The van der Waals surface area contributed by atoms with Crippen LogP contribution >= 0.6 is 0 Å². The lowest BCUT2D eigenvalue weighted by Crippen LogP contribution is -2.37. The van der Waals surface area contributed by atoms with Gasteiger partial charge in [0.25, 0.3) is 0 Å². The third-order valence-electron chi connectivity index (χ3n) is 4.04. The lowest BCUT2D eigenvalue weighted by Gasteiger charge is -2.24. The summed E-state index contributed by atoms with van der Waals surface area (Å²) < 4.78 is 5.72. The lowest BCUT2D eigenvalue weighted by molar-refractivity contribution is 0.123. The molecule has 0 spiro atoms. The summed E-state index contributed by atoms with van der Waals surface area (Å²) in [4.78, 5) is 2.30. The smallest absolute Gasteiger partial charge is 0.119 e. The number of hydrogen-bond acceptors (Lipinski definition) is 4. The lowest BCUT2D eigenvalue weighted by atomic mass is 10.0. The Labute approximate surface area is 120 Å². The summed E-state index contributed by atoms with van der Waals surface area (Å²) >= 11 is 0. The van der Waals surface area contributed by atoms with E-state index in [1.165, 1.54) is 0 Å². The topological polar surface area (TPSA) is 56.5 Å². The number of nitriles is 1. The van der Waals surface area contributed by atoms with E-state index in [4.69, 9.17) is 10.00 Å². The standard InChI is InChI=1S/C16H22N2O2/c1-13-7-9-18(16(13)12-19)10-11-20-15-4-2-14(3-5-15)6-8-17/h2-5,13,16,19H,6-7,9-12H2,1H3. The molecule has 1 saturated heterocycles. The van der Waals surface area contributed by atoms with Crippen molar-refractivity contribution in [1.29, 1.82) is 5.26 Å². The fraction of sp³-hybridized carbons (Fsp3) is 0.562. The van der Waals surface area contributed by atoms with Gasteiger partial charge in [-0.25, -0.2) is 0 Å². The second-order valence-electron chi connectivity index (χ2n) is 5.38. The highest BCUT2D eigenvalue weighted by molar-refractivity contribution is 5.28. The summed E-state index contributed by atoms with van der Waals surface area (Å²) in [7, 11) is 0. The summed E-state index contributed by atoms with van der Waals surface area (Å²) in [5.41, 5.74) is 1.01. The van der Waals surface area contributed by atoms with E-state index < -0.39 is 0 Å². The van der Waals surface area contributed by atoms with Crippen LogP contribution in [0.5, 0.6) is 5.75 Å². The molecule has 0 saturated carbocycles. The van der Waals surface area contributed by atoms with Gasteiger partial charge in [-0.2, -0.15) is 5.26 Å². The largest absolute Gasteiger partial charge is 0.492 e. The van der Waals surface area contributed by atoms with Crippen LogP contribution in [0.25, 0.3) is 0 Å². The summed E-state index contributed by atoms with van der Waals surface area (Å²) in [6.45, 7) is 4.92. The predicted molar refractivity (Wildman–Crippen MR) is 77.5 cm³/mol. The molecule has 1 N–H and O–H groups in total. The molecule has 1 aromatic carbocycles. The number of ether oxygens (including phenoxy) is 1. The zero-order valence-corrected chi connectivity index (χ0v) is 12.0. The van der Waals surface area contributed by atoms with Gasteiger partial charge in [-0.15, -0.1) is 0 Å². The Balaban J connectivity index is 1.77. The normalized spacial score (nSPS) is 22.6. The first-order valence-electron chi connectivity index (χ1n) is 7.18. The number of rotatable bonds is 6. The Hall–Kier alpha value is -1.57. The van der Waals surface area contributed by atoms with Gasteiger partial charge in [0.15, 0.2) is 0 Å². The summed E-state index contributed by atoms with van der Waals surface area (Å²) in [6.07, 6.45) is 1.58. The highest BCUT2D eigenvalue weighted by atomic mass is 16.5. The first-order chi connectivity index (χ1) is 9.74. The molecule has 0 aliphatic carbocycles. The van der Waals surface area contributed by atoms with Crippen LogP contribution in [-0.4, -0.2) is 42.4 Å². The van der Waals surface area contributed by atoms with Gasteiger partial charge in [0.1, 0.15) is 12.4 Å². The first kappa shape index (κ1) is 14.8.